The van der Waals surface area contributed by atoms with Crippen molar-refractivity contribution in [2.24, 2.45) is 5.92 Å². The summed E-state index contributed by atoms with van der Waals surface area (Å²) in [6.45, 7) is 6.82. The largest absolute Gasteiger partial charge is 0.376 e. The van der Waals surface area contributed by atoms with E-state index in [1.165, 1.54) is 0 Å². The number of carbonyl (C=O) groups excluding carboxylic acids is 2. The van der Waals surface area contributed by atoms with Crippen LogP contribution in [0.1, 0.15) is 49.0 Å². The van der Waals surface area contributed by atoms with E-state index in [0.717, 1.165) is 38.0 Å². The molecule has 1 aromatic carbocycles. The number of benzene rings is 1. The first-order chi connectivity index (χ1) is 12.5. The molecule has 6 nitrogen and oxygen atoms in total. The molecular formula is C20H29N3O3. The van der Waals surface area contributed by atoms with Crippen molar-refractivity contribution in [3.8, 4) is 0 Å². The number of carbonyl (C=O) groups is 2. The quantitative estimate of drug-likeness (QED) is 0.849. The van der Waals surface area contributed by atoms with E-state index in [9.17, 15) is 9.59 Å². The highest BCUT2D eigenvalue weighted by atomic mass is 16.5. The van der Waals surface area contributed by atoms with E-state index >= 15 is 0 Å². The van der Waals surface area contributed by atoms with Gasteiger partial charge in [0.25, 0.3) is 5.91 Å². The van der Waals surface area contributed by atoms with Crippen LogP contribution >= 0.6 is 0 Å². The molecule has 3 atom stereocenters. The van der Waals surface area contributed by atoms with Gasteiger partial charge in [-0.15, -0.1) is 0 Å². The van der Waals surface area contributed by atoms with Gasteiger partial charge in [0.1, 0.15) is 0 Å². The maximum atomic E-state index is 12.4. The number of ether oxygens (including phenoxy) is 1. The molecule has 0 radical (unpaired) electrons. The third-order valence-electron chi connectivity index (χ3n) is 5.55. The molecule has 2 aliphatic rings. The molecule has 2 saturated heterocycles. The summed E-state index contributed by atoms with van der Waals surface area (Å²) in [4.78, 5) is 26.6. The van der Waals surface area contributed by atoms with Gasteiger partial charge in [0.2, 0.25) is 0 Å². The maximum absolute atomic E-state index is 12.4. The molecule has 0 saturated carbocycles. The van der Waals surface area contributed by atoms with Crippen LogP contribution < -0.4 is 10.6 Å². The van der Waals surface area contributed by atoms with Gasteiger partial charge in [-0.3, -0.25) is 4.79 Å². The van der Waals surface area contributed by atoms with Crippen LogP contribution in [0.4, 0.5) is 4.79 Å². The fourth-order valence-electron chi connectivity index (χ4n) is 3.60. The second kappa shape index (κ2) is 8.54. The lowest BCUT2D eigenvalue weighted by molar-refractivity contribution is 0.0857. The lowest BCUT2D eigenvalue weighted by Crippen LogP contribution is -2.42. The van der Waals surface area contributed by atoms with Gasteiger partial charge in [0.15, 0.2) is 0 Å². The first-order valence-electron chi connectivity index (χ1n) is 9.58. The van der Waals surface area contributed by atoms with E-state index in [1.54, 1.807) is 6.07 Å². The van der Waals surface area contributed by atoms with Crippen LogP contribution in [0.15, 0.2) is 24.3 Å². The number of rotatable bonds is 5. The fraction of sp³-hybridized carbons (Fsp3) is 0.600. The number of nitrogens with zero attached hydrogens (tertiary/aromatic N) is 1. The van der Waals surface area contributed by atoms with Crippen LogP contribution in [0, 0.1) is 5.92 Å². The Balaban J connectivity index is 1.50. The minimum Gasteiger partial charge on any atom is -0.376 e. The number of hydrogen-bond donors (Lipinski definition) is 2. The summed E-state index contributed by atoms with van der Waals surface area (Å²) >= 11 is 0. The Morgan fingerprint density at radius 3 is 2.77 bits per heavy atom. The first-order valence-corrected chi connectivity index (χ1v) is 9.58. The molecule has 3 amide bonds. The summed E-state index contributed by atoms with van der Waals surface area (Å²) < 4.78 is 5.53. The van der Waals surface area contributed by atoms with E-state index in [0.29, 0.717) is 24.6 Å². The number of hydrogen-bond acceptors (Lipinski definition) is 3. The van der Waals surface area contributed by atoms with E-state index < -0.39 is 0 Å². The Labute approximate surface area is 155 Å². The molecule has 0 spiro atoms. The Kier molecular flexibility index (Phi) is 6.14. The molecule has 2 fully saturated rings. The van der Waals surface area contributed by atoms with Crippen LogP contribution in [0.2, 0.25) is 0 Å². The van der Waals surface area contributed by atoms with Gasteiger partial charge in [0, 0.05) is 37.8 Å². The molecule has 3 rings (SSSR count). The molecule has 2 heterocycles. The predicted molar refractivity (Wildman–Crippen MR) is 99.9 cm³/mol. The van der Waals surface area contributed by atoms with Crippen molar-refractivity contribution in [3.05, 3.63) is 35.4 Å². The Morgan fingerprint density at radius 1 is 1.23 bits per heavy atom. The predicted octanol–water partition coefficient (Wildman–Crippen LogP) is 2.54. The van der Waals surface area contributed by atoms with Crippen LogP contribution in [-0.4, -0.2) is 48.7 Å². The van der Waals surface area contributed by atoms with Gasteiger partial charge in [-0.25, -0.2) is 4.79 Å². The number of urea groups is 1. The van der Waals surface area contributed by atoms with E-state index in [4.69, 9.17) is 4.74 Å². The van der Waals surface area contributed by atoms with Crippen LogP contribution in [0.3, 0.4) is 0 Å². The van der Waals surface area contributed by atoms with E-state index in [1.807, 2.05) is 23.1 Å². The van der Waals surface area contributed by atoms with Crippen LogP contribution in [0.25, 0.3) is 0 Å². The second-order valence-corrected chi connectivity index (χ2v) is 7.40. The lowest BCUT2D eigenvalue weighted by Gasteiger charge is -2.23. The Morgan fingerprint density at radius 2 is 2.08 bits per heavy atom. The molecule has 1 aromatic rings. The summed E-state index contributed by atoms with van der Waals surface area (Å²) in [5.41, 5.74) is 1.53. The van der Waals surface area contributed by atoms with Crippen LogP contribution in [-0.2, 0) is 11.3 Å². The monoisotopic (exact) mass is 359 g/mol. The highest BCUT2D eigenvalue weighted by Gasteiger charge is 2.30. The molecule has 6 heteroatoms. The first kappa shape index (κ1) is 18.7. The number of likely N-dealkylation sites (tertiary alicyclic amines) is 1. The number of nitrogens with one attached hydrogen (secondary N) is 2. The molecule has 0 aromatic heterocycles. The molecule has 0 bridgehead atoms. The molecule has 2 N–H and O–H groups in total. The topological polar surface area (TPSA) is 70.7 Å². The van der Waals surface area contributed by atoms with Crippen molar-refractivity contribution in [1.82, 2.24) is 15.5 Å². The molecule has 142 valence electrons. The zero-order valence-corrected chi connectivity index (χ0v) is 15.7. The van der Waals surface area contributed by atoms with Crippen molar-refractivity contribution in [2.45, 2.75) is 51.8 Å². The van der Waals surface area contributed by atoms with Gasteiger partial charge in [-0.2, -0.15) is 0 Å². The minimum absolute atomic E-state index is 0.0323. The lowest BCUT2D eigenvalue weighted by atomic mass is 10.1. The molecule has 3 unspecified atom stereocenters. The molecular weight excluding hydrogens is 330 g/mol. The van der Waals surface area contributed by atoms with Gasteiger partial charge < -0.3 is 20.3 Å². The summed E-state index contributed by atoms with van der Waals surface area (Å²) in [6, 6.07) is 7.64. The zero-order valence-electron chi connectivity index (χ0n) is 15.7. The number of amides is 3. The van der Waals surface area contributed by atoms with Crippen molar-refractivity contribution in [2.75, 3.05) is 19.7 Å². The highest BCUT2D eigenvalue weighted by Crippen LogP contribution is 2.23. The van der Waals surface area contributed by atoms with Gasteiger partial charge in [0.05, 0.1) is 6.10 Å². The standard InChI is InChI=1S/C20H29N3O3/c1-14-8-9-23(15(14)2)20(25)22-12-16-5-3-6-17(11-16)19(24)21-13-18-7-4-10-26-18/h3,5-6,11,14-15,18H,4,7-10,12-13H2,1-2H3,(H,21,24)(H,22,25). The molecule has 0 aliphatic carbocycles. The van der Waals surface area contributed by atoms with Gasteiger partial charge >= 0.3 is 6.03 Å². The van der Waals surface area contributed by atoms with Crippen molar-refractivity contribution in [1.29, 1.82) is 0 Å². The van der Waals surface area contributed by atoms with Gasteiger partial charge in [-0.05, 0) is 49.8 Å². The third kappa shape index (κ3) is 4.55. The van der Waals surface area contributed by atoms with E-state index in [2.05, 4.69) is 24.5 Å². The molecule has 2 aliphatic heterocycles. The Bertz CT molecular complexity index is 643. The zero-order chi connectivity index (χ0) is 18.5. The highest BCUT2D eigenvalue weighted by molar-refractivity contribution is 5.94. The minimum atomic E-state index is -0.101. The average molecular weight is 359 g/mol. The Hall–Kier alpha value is -2.08. The van der Waals surface area contributed by atoms with Crippen molar-refractivity contribution < 1.29 is 14.3 Å². The summed E-state index contributed by atoms with van der Waals surface area (Å²) in [5.74, 6) is 0.437. The summed E-state index contributed by atoms with van der Waals surface area (Å²) in [7, 11) is 0. The third-order valence-corrected chi connectivity index (χ3v) is 5.55. The van der Waals surface area contributed by atoms with E-state index in [-0.39, 0.29) is 24.1 Å². The van der Waals surface area contributed by atoms with Gasteiger partial charge in [-0.1, -0.05) is 19.1 Å². The normalized spacial score (nSPS) is 25.3. The maximum Gasteiger partial charge on any atom is 0.317 e. The SMILES string of the molecule is CC1CCN(C(=O)NCc2cccc(C(=O)NCC3CCCO3)c2)C1C. The average Bonchev–Trinajstić information content (AvgIpc) is 3.28. The fourth-order valence-corrected chi connectivity index (χ4v) is 3.60. The molecule has 26 heavy (non-hydrogen) atoms. The summed E-state index contributed by atoms with van der Waals surface area (Å²) in [5, 5.41) is 5.90. The van der Waals surface area contributed by atoms with Crippen molar-refractivity contribution >= 4 is 11.9 Å². The second-order valence-electron chi connectivity index (χ2n) is 7.40. The summed E-state index contributed by atoms with van der Waals surface area (Å²) in [6.07, 6.45) is 3.24. The van der Waals surface area contributed by atoms with Crippen molar-refractivity contribution in [3.63, 3.8) is 0 Å². The van der Waals surface area contributed by atoms with Crippen LogP contribution in [0.5, 0.6) is 0 Å². The smallest absolute Gasteiger partial charge is 0.317 e.